The monoisotopic (exact) mass is 364 g/mol. The van der Waals surface area contributed by atoms with Crippen LogP contribution < -0.4 is 9.47 Å². The number of benzene rings is 3. The Kier molecular flexibility index (Phi) is 4.27. The van der Waals surface area contributed by atoms with Crippen LogP contribution in [0.5, 0.6) is 11.5 Å². The van der Waals surface area contributed by atoms with Crippen molar-refractivity contribution in [3.63, 3.8) is 0 Å². The normalized spacial score (nSPS) is 10.9. The quantitative estimate of drug-likeness (QED) is 0.489. The molecule has 0 fully saturated rings. The zero-order valence-corrected chi connectivity index (χ0v) is 15.2. The molecular weight excluding hydrogens is 348 g/mol. The molecule has 0 atom stereocenters. The zero-order chi connectivity index (χ0) is 18.1. The second kappa shape index (κ2) is 6.73. The molecule has 0 aliphatic heterocycles. The van der Waals surface area contributed by atoms with Gasteiger partial charge in [0.2, 0.25) is 0 Å². The fraction of sp³-hybridized carbons (Fsp3) is 0.0952. The lowest BCUT2D eigenvalue weighted by Crippen LogP contribution is -1.98. The third-order valence-corrected chi connectivity index (χ3v) is 4.54. The van der Waals surface area contributed by atoms with Crippen LogP contribution in [0.15, 0.2) is 66.7 Å². The van der Waals surface area contributed by atoms with Gasteiger partial charge in [0.1, 0.15) is 5.82 Å². The summed E-state index contributed by atoms with van der Waals surface area (Å²) in [4.78, 5) is 4.85. The third kappa shape index (κ3) is 2.78. The first-order valence-electron chi connectivity index (χ1n) is 8.17. The topological polar surface area (TPSA) is 36.3 Å². The number of rotatable bonds is 4. The number of aromatic nitrogens is 2. The number of hydrogen-bond acceptors (Lipinski definition) is 3. The Morgan fingerprint density at radius 1 is 0.846 bits per heavy atom. The fourth-order valence-corrected chi connectivity index (χ4v) is 3.17. The van der Waals surface area contributed by atoms with E-state index >= 15 is 0 Å². The highest BCUT2D eigenvalue weighted by molar-refractivity contribution is 6.30. The van der Waals surface area contributed by atoms with Crippen molar-refractivity contribution in [3.8, 4) is 28.6 Å². The number of fused-ring (bicyclic) bond motifs is 1. The largest absolute Gasteiger partial charge is 0.493 e. The van der Waals surface area contributed by atoms with Crippen LogP contribution in [0.25, 0.3) is 28.1 Å². The van der Waals surface area contributed by atoms with Crippen LogP contribution in [-0.2, 0) is 0 Å². The summed E-state index contributed by atoms with van der Waals surface area (Å²) in [5, 5.41) is 0.700. The van der Waals surface area contributed by atoms with Gasteiger partial charge in [0, 0.05) is 16.3 Å². The van der Waals surface area contributed by atoms with Gasteiger partial charge in [-0.2, -0.15) is 0 Å². The van der Waals surface area contributed by atoms with Gasteiger partial charge in [-0.25, -0.2) is 4.98 Å². The molecule has 0 bridgehead atoms. The highest BCUT2D eigenvalue weighted by Gasteiger charge is 2.16. The summed E-state index contributed by atoms with van der Waals surface area (Å²) < 4.78 is 12.9. The van der Waals surface area contributed by atoms with Crippen molar-refractivity contribution >= 4 is 22.6 Å². The number of methoxy groups -OCH3 is 2. The number of hydrogen-bond donors (Lipinski definition) is 0. The fourth-order valence-electron chi connectivity index (χ4n) is 3.05. The van der Waals surface area contributed by atoms with Gasteiger partial charge in [-0.3, -0.25) is 4.57 Å². The Hall–Kier alpha value is -2.98. The van der Waals surface area contributed by atoms with E-state index in [0.29, 0.717) is 16.5 Å². The van der Waals surface area contributed by atoms with Crippen molar-refractivity contribution in [1.82, 2.24) is 9.55 Å². The van der Waals surface area contributed by atoms with Gasteiger partial charge >= 0.3 is 0 Å². The Bertz CT molecular complexity index is 1070. The molecule has 130 valence electrons. The predicted molar refractivity (Wildman–Crippen MR) is 105 cm³/mol. The molecule has 1 aromatic heterocycles. The smallest absolute Gasteiger partial charge is 0.161 e. The van der Waals surface area contributed by atoms with Crippen LogP contribution in [0.3, 0.4) is 0 Å². The van der Waals surface area contributed by atoms with E-state index in [1.807, 2.05) is 60.7 Å². The minimum Gasteiger partial charge on any atom is -0.493 e. The number of ether oxygens (including phenoxy) is 2. The minimum absolute atomic E-state index is 0.666. The maximum absolute atomic E-state index is 6.07. The van der Waals surface area contributed by atoms with E-state index < -0.39 is 0 Å². The molecule has 0 aliphatic carbocycles. The Balaban J connectivity index is 1.98. The molecule has 0 radical (unpaired) electrons. The van der Waals surface area contributed by atoms with E-state index in [4.69, 9.17) is 26.1 Å². The van der Waals surface area contributed by atoms with E-state index in [9.17, 15) is 0 Å². The van der Waals surface area contributed by atoms with Gasteiger partial charge in [0.25, 0.3) is 0 Å². The Morgan fingerprint density at radius 3 is 2.31 bits per heavy atom. The molecule has 0 spiro atoms. The van der Waals surface area contributed by atoms with Gasteiger partial charge in [-0.05, 0) is 54.6 Å². The summed E-state index contributed by atoms with van der Waals surface area (Å²) in [6.45, 7) is 0. The molecule has 3 aromatic carbocycles. The highest BCUT2D eigenvalue weighted by Crippen LogP contribution is 2.34. The molecule has 0 saturated heterocycles. The third-order valence-electron chi connectivity index (χ3n) is 4.29. The first kappa shape index (κ1) is 16.5. The van der Waals surface area contributed by atoms with E-state index in [2.05, 4.69) is 10.6 Å². The number of para-hydroxylation sites is 2. The van der Waals surface area contributed by atoms with Crippen LogP contribution >= 0.6 is 11.6 Å². The van der Waals surface area contributed by atoms with Crippen LogP contribution in [-0.4, -0.2) is 23.8 Å². The van der Waals surface area contributed by atoms with E-state index in [1.165, 1.54) is 0 Å². The predicted octanol–water partition coefficient (Wildman–Crippen LogP) is 5.36. The number of nitrogens with zero attached hydrogens (tertiary/aromatic N) is 2. The summed E-state index contributed by atoms with van der Waals surface area (Å²) in [6, 6.07) is 21.6. The molecule has 4 rings (SSSR count). The SMILES string of the molecule is COc1ccc(-c2nc3ccccc3n2-c2ccc(Cl)cc2)cc1OC. The van der Waals surface area contributed by atoms with Gasteiger partial charge in [-0.1, -0.05) is 23.7 Å². The summed E-state index contributed by atoms with van der Waals surface area (Å²) in [7, 11) is 3.25. The molecule has 0 unspecified atom stereocenters. The van der Waals surface area contributed by atoms with Gasteiger partial charge in [0.05, 0.1) is 25.3 Å². The highest BCUT2D eigenvalue weighted by atomic mass is 35.5. The molecular formula is C21H17ClN2O2. The van der Waals surface area contributed by atoms with E-state index in [1.54, 1.807) is 14.2 Å². The van der Waals surface area contributed by atoms with E-state index in [0.717, 1.165) is 28.1 Å². The first-order valence-corrected chi connectivity index (χ1v) is 8.55. The van der Waals surface area contributed by atoms with Crippen LogP contribution in [0.4, 0.5) is 0 Å². The zero-order valence-electron chi connectivity index (χ0n) is 14.4. The maximum atomic E-state index is 6.07. The van der Waals surface area contributed by atoms with Crippen LogP contribution in [0, 0.1) is 0 Å². The average molecular weight is 365 g/mol. The van der Waals surface area contributed by atoms with Crippen molar-refractivity contribution < 1.29 is 9.47 Å². The van der Waals surface area contributed by atoms with Gasteiger partial charge < -0.3 is 9.47 Å². The summed E-state index contributed by atoms with van der Waals surface area (Å²) in [5.74, 6) is 2.18. The molecule has 0 saturated carbocycles. The van der Waals surface area contributed by atoms with Crippen LogP contribution in [0.1, 0.15) is 0 Å². The van der Waals surface area contributed by atoms with E-state index in [-0.39, 0.29) is 0 Å². The molecule has 0 aliphatic rings. The lowest BCUT2D eigenvalue weighted by molar-refractivity contribution is 0.355. The van der Waals surface area contributed by atoms with Crippen molar-refractivity contribution in [2.45, 2.75) is 0 Å². The standard InChI is InChI=1S/C21H17ClN2O2/c1-25-19-12-7-14(13-20(19)26-2)21-23-17-5-3-4-6-18(17)24(21)16-10-8-15(22)9-11-16/h3-13H,1-2H3. The first-order chi connectivity index (χ1) is 12.7. The van der Waals surface area contributed by atoms with Crippen molar-refractivity contribution in [1.29, 1.82) is 0 Å². The van der Waals surface area contributed by atoms with Crippen LogP contribution in [0.2, 0.25) is 5.02 Å². The number of halogens is 1. The molecule has 0 N–H and O–H groups in total. The summed E-state index contributed by atoms with van der Waals surface area (Å²) in [5.41, 5.74) is 3.88. The lowest BCUT2D eigenvalue weighted by Gasteiger charge is -2.12. The van der Waals surface area contributed by atoms with Crippen molar-refractivity contribution in [2.24, 2.45) is 0 Å². The van der Waals surface area contributed by atoms with Crippen molar-refractivity contribution in [3.05, 3.63) is 71.8 Å². The minimum atomic E-state index is 0.666. The summed E-state index contributed by atoms with van der Waals surface area (Å²) >= 11 is 6.07. The molecule has 4 aromatic rings. The van der Waals surface area contributed by atoms with Crippen molar-refractivity contribution in [2.75, 3.05) is 14.2 Å². The Labute approximate surface area is 156 Å². The molecule has 5 heteroatoms. The number of imidazole rings is 1. The van der Waals surface area contributed by atoms with Gasteiger partial charge in [0.15, 0.2) is 11.5 Å². The second-order valence-electron chi connectivity index (χ2n) is 5.81. The summed E-state index contributed by atoms with van der Waals surface area (Å²) in [6.07, 6.45) is 0. The second-order valence-corrected chi connectivity index (χ2v) is 6.24. The molecule has 0 amide bonds. The Morgan fingerprint density at radius 2 is 1.58 bits per heavy atom. The molecule has 1 heterocycles. The molecule has 4 nitrogen and oxygen atoms in total. The molecule has 26 heavy (non-hydrogen) atoms. The average Bonchev–Trinajstić information content (AvgIpc) is 3.07. The van der Waals surface area contributed by atoms with Gasteiger partial charge in [-0.15, -0.1) is 0 Å². The maximum Gasteiger partial charge on any atom is 0.161 e. The lowest BCUT2D eigenvalue weighted by atomic mass is 10.1.